The first-order chi connectivity index (χ1) is 18.9. The fourth-order valence-corrected chi connectivity index (χ4v) is 4.92. The predicted molar refractivity (Wildman–Crippen MR) is 159 cm³/mol. The van der Waals surface area contributed by atoms with Gasteiger partial charge >= 0.3 is 5.97 Å². The van der Waals surface area contributed by atoms with E-state index in [1.165, 1.54) is 0 Å². The molecule has 212 valence electrons. The van der Waals surface area contributed by atoms with Gasteiger partial charge in [-0.25, -0.2) is 4.98 Å². The number of hydrogen-bond donors (Lipinski definition) is 2. The van der Waals surface area contributed by atoms with Crippen molar-refractivity contribution < 1.29 is 14.3 Å². The van der Waals surface area contributed by atoms with E-state index in [0.29, 0.717) is 23.9 Å². The van der Waals surface area contributed by atoms with Crippen molar-refractivity contribution in [2.24, 2.45) is 0 Å². The number of hydrogen-bond acceptors (Lipinski definition) is 8. The lowest BCUT2D eigenvalue weighted by atomic mass is 10.0. The number of pyridine rings is 1. The summed E-state index contributed by atoms with van der Waals surface area (Å²) < 4.78 is 13.0. The highest BCUT2D eigenvalue weighted by Crippen LogP contribution is 2.35. The second-order valence-corrected chi connectivity index (χ2v) is 11.3. The van der Waals surface area contributed by atoms with Crippen LogP contribution in [0.15, 0.2) is 36.7 Å². The van der Waals surface area contributed by atoms with Crippen LogP contribution in [-0.2, 0) is 22.5 Å². The number of halogens is 1. The maximum absolute atomic E-state index is 12.2. The molecule has 0 spiro atoms. The van der Waals surface area contributed by atoms with Crippen LogP contribution in [0.25, 0.3) is 22.2 Å². The lowest BCUT2D eigenvalue weighted by molar-refractivity contribution is -0.156. The number of carbonyl (C=O) groups is 1. The first-order valence-electron chi connectivity index (χ1n) is 13.2. The van der Waals surface area contributed by atoms with Crippen LogP contribution in [0, 0.1) is 13.8 Å². The van der Waals surface area contributed by atoms with Crippen LogP contribution in [0.4, 0.5) is 5.95 Å². The molecule has 4 aromatic rings. The quantitative estimate of drug-likeness (QED) is 0.209. The zero-order chi connectivity index (χ0) is 29.2. The van der Waals surface area contributed by atoms with Gasteiger partial charge in [0.15, 0.2) is 0 Å². The number of rotatable bonds is 9. The molecule has 0 aliphatic carbocycles. The number of aromatic nitrogens is 4. The Morgan fingerprint density at radius 2 is 1.88 bits per heavy atom. The third-order valence-corrected chi connectivity index (χ3v) is 6.92. The fourth-order valence-electron chi connectivity index (χ4n) is 4.65. The second kappa shape index (κ2) is 11.8. The summed E-state index contributed by atoms with van der Waals surface area (Å²) in [6, 6.07) is 7.86. The minimum absolute atomic E-state index is 0.109. The molecule has 40 heavy (non-hydrogen) atoms. The van der Waals surface area contributed by atoms with Crippen LogP contribution in [0.1, 0.15) is 50.1 Å². The molecule has 3 heterocycles. The van der Waals surface area contributed by atoms with Gasteiger partial charge in [0.2, 0.25) is 5.95 Å². The predicted octanol–water partition coefficient (Wildman–Crippen LogP) is 5.26. The van der Waals surface area contributed by atoms with Crippen LogP contribution < -0.4 is 15.8 Å². The first kappa shape index (κ1) is 29.3. The van der Waals surface area contributed by atoms with E-state index in [1.807, 2.05) is 58.5 Å². The summed E-state index contributed by atoms with van der Waals surface area (Å²) in [5, 5.41) is 4.27. The normalized spacial score (nSPS) is 12.5. The molecule has 0 radical (unpaired) electrons. The number of ether oxygens (including phenoxy) is 2. The van der Waals surface area contributed by atoms with E-state index >= 15 is 0 Å². The second-order valence-electron chi connectivity index (χ2n) is 10.9. The summed E-state index contributed by atoms with van der Waals surface area (Å²) in [5.74, 6) is 0.672. The molecule has 9 nitrogen and oxygen atoms in total. The number of carbonyl (C=O) groups excluding carboxylic acids is 1. The highest BCUT2D eigenvalue weighted by molar-refractivity contribution is 6.35. The molecule has 3 N–H and O–H groups in total. The van der Waals surface area contributed by atoms with Gasteiger partial charge in [-0.2, -0.15) is 4.98 Å². The van der Waals surface area contributed by atoms with E-state index in [2.05, 4.69) is 44.5 Å². The summed E-state index contributed by atoms with van der Waals surface area (Å²) in [6.45, 7) is 12.5. The van der Waals surface area contributed by atoms with E-state index < -0.39 is 5.60 Å². The summed E-state index contributed by atoms with van der Waals surface area (Å²) in [4.78, 5) is 25.6. The number of nitrogen functional groups attached to an aromatic ring is 1. The maximum atomic E-state index is 12.2. The van der Waals surface area contributed by atoms with E-state index in [-0.39, 0.29) is 18.0 Å². The molecule has 0 unspecified atom stereocenters. The monoisotopic (exact) mass is 564 g/mol. The van der Waals surface area contributed by atoms with E-state index in [1.54, 1.807) is 7.11 Å². The maximum Gasteiger partial charge on any atom is 0.323 e. The number of anilines is 1. The van der Waals surface area contributed by atoms with Crippen LogP contribution >= 0.6 is 11.6 Å². The van der Waals surface area contributed by atoms with Crippen LogP contribution in [0.3, 0.4) is 0 Å². The first-order valence-corrected chi connectivity index (χ1v) is 13.6. The Balaban J connectivity index is 1.57. The van der Waals surface area contributed by atoms with Gasteiger partial charge in [-0.1, -0.05) is 35.9 Å². The molecule has 3 aromatic heterocycles. The molecule has 1 aromatic carbocycles. The van der Waals surface area contributed by atoms with Crippen LogP contribution in [0.2, 0.25) is 5.15 Å². The highest BCUT2D eigenvalue weighted by Gasteiger charge is 2.21. The summed E-state index contributed by atoms with van der Waals surface area (Å²) in [6.07, 6.45) is 4.58. The van der Waals surface area contributed by atoms with Gasteiger partial charge in [-0.05, 0) is 65.6 Å². The van der Waals surface area contributed by atoms with Crippen molar-refractivity contribution in [1.82, 2.24) is 24.8 Å². The molecule has 0 saturated carbocycles. The van der Waals surface area contributed by atoms with Crippen molar-refractivity contribution >= 4 is 34.6 Å². The van der Waals surface area contributed by atoms with Crippen molar-refractivity contribution in [3.63, 3.8) is 0 Å². The van der Waals surface area contributed by atoms with Gasteiger partial charge in [0, 0.05) is 29.1 Å². The third-order valence-electron chi connectivity index (χ3n) is 6.65. The molecule has 0 aliphatic heterocycles. The van der Waals surface area contributed by atoms with Gasteiger partial charge < -0.3 is 25.1 Å². The SMILES string of the molecule is COc1c(C)cnc(Cn2cc(-c3ccc(CCN[C@@H](C)C(=O)OC(C)(C)C)cc3)c3c(Cl)nc(N)nc32)c1C. The van der Waals surface area contributed by atoms with Crippen LogP contribution in [0.5, 0.6) is 5.75 Å². The van der Waals surface area contributed by atoms with Crippen molar-refractivity contribution in [3.05, 3.63) is 64.2 Å². The average Bonchev–Trinajstić information content (AvgIpc) is 3.23. The highest BCUT2D eigenvalue weighted by atomic mass is 35.5. The van der Waals surface area contributed by atoms with Crippen molar-refractivity contribution in [2.45, 2.75) is 66.2 Å². The molecular formula is C30H37ClN6O3. The molecule has 10 heteroatoms. The van der Waals surface area contributed by atoms with Crippen LogP contribution in [-0.4, -0.2) is 50.8 Å². The number of nitrogens with one attached hydrogen (secondary N) is 1. The molecule has 4 rings (SSSR count). The minimum atomic E-state index is -0.506. The Kier molecular flexibility index (Phi) is 8.65. The number of benzene rings is 1. The summed E-state index contributed by atoms with van der Waals surface area (Å²) >= 11 is 6.60. The Morgan fingerprint density at radius 3 is 2.52 bits per heavy atom. The molecule has 0 bridgehead atoms. The van der Waals surface area contributed by atoms with E-state index in [0.717, 1.165) is 51.1 Å². The average molecular weight is 565 g/mol. The standard InChI is InChI=1S/C30H37ClN6O3/c1-17-14-34-23(18(2)25(17)39-7)16-37-15-22(24-26(31)35-29(32)36-27(24)37)21-10-8-20(9-11-21)12-13-33-19(3)28(38)40-30(4,5)6/h8-11,14-15,19,33H,12-13,16H2,1-7H3,(H2,32,35,36)/t19-/m0/s1. The topological polar surface area (TPSA) is 117 Å². The number of nitrogens with two attached hydrogens (primary N) is 1. The Labute approximate surface area is 240 Å². The zero-order valence-corrected chi connectivity index (χ0v) is 24.9. The van der Waals surface area contributed by atoms with Gasteiger partial charge in [0.1, 0.15) is 28.2 Å². The Hall–Kier alpha value is -3.69. The zero-order valence-electron chi connectivity index (χ0n) is 24.1. The molecule has 0 aliphatic rings. The molecular weight excluding hydrogens is 528 g/mol. The smallest absolute Gasteiger partial charge is 0.323 e. The van der Waals surface area contributed by atoms with Gasteiger partial charge in [-0.3, -0.25) is 9.78 Å². The lowest BCUT2D eigenvalue weighted by Crippen LogP contribution is -2.40. The number of fused-ring (bicyclic) bond motifs is 1. The molecule has 0 saturated heterocycles. The van der Waals surface area contributed by atoms with E-state index in [9.17, 15) is 4.79 Å². The van der Waals surface area contributed by atoms with Crippen molar-refractivity contribution in [2.75, 3.05) is 19.4 Å². The minimum Gasteiger partial charge on any atom is -0.496 e. The van der Waals surface area contributed by atoms with Crippen molar-refractivity contribution in [3.8, 4) is 16.9 Å². The Morgan fingerprint density at radius 1 is 1.18 bits per heavy atom. The third kappa shape index (κ3) is 6.54. The molecule has 0 fully saturated rings. The van der Waals surface area contributed by atoms with E-state index in [4.69, 9.17) is 26.8 Å². The number of esters is 1. The van der Waals surface area contributed by atoms with Gasteiger partial charge in [0.05, 0.1) is 24.7 Å². The summed E-state index contributed by atoms with van der Waals surface area (Å²) in [7, 11) is 1.66. The fraction of sp³-hybridized carbons (Fsp3) is 0.400. The molecule has 1 atom stereocenters. The lowest BCUT2D eigenvalue weighted by Gasteiger charge is -2.22. The molecule has 0 amide bonds. The summed E-state index contributed by atoms with van der Waals surface area (Å²) in [5.41, 5.74) is 11.9. The van der Waals surface area contributed by atoms with Gasteiger partial charge in [-0.15, -0.1) is 0 Å². The van der Waals surface area contributed by atoms with Gasteiger partial charge in [0.25, 0.3) is 0 Å². The number of aryl methyl sites for hydroxylation is 1. The largest absolute Gasteiger partial charge is 0.496 e. The van der Waals surface area contributed by atoms with Crippen molar-refractivity contribution in [1.29, 1.82) is 0 Å². The number of methoxy groups -OCH3 is 1. The Bertz CT molecular complexity index is 1530. The number of nitrogens with zero attached hydrogens (tertiary/aromatic N) is 4.